The second kappa shape index (κ2) is 5.55. The lowest BCUT2D eigenvalue weighted by atomic mass is 10.3. The number of rotatable bonds is 4. The van der Waals surface area contributed by atoms with Crippen molar-refractivity contribution in [2.75, 3.05) is 13.6 Å². The molecule has 0 rings (SSSR count). The van der Waals surface area contributed by atoms with Crippen LogP contribution in [0.5, 0.6) is 0 Å². The van der Waals surface area contributed by atoms with E-state index in [0.717, 1.165) is 4.81 Å². The second-order valence-electron chi connectivity index (χ2n) is 2.61. The van der Waals surface area contributed by atoms with Crippen LogP contribution in [0.2, 0.25) is 0 Å². The minimum absolute atomic E-state index is 0.0386. The summed E-state index contributed by atoms with van der Waals surface area (Å²) < 4.78 is 0. The molecule has 0 aliphatic heterocycles. The van der Waals surface area contributed by atoms with Gasteiger partial charge in [-0.3, -0.25) is 9.68 Å². The maximum atomic E-state index is 11.0. The Hall–Kier alpha value is -1.08. The molecule has 0 heterocycles. The first-order valence-corrected chi connectivity index (χ1v) is 3.57. The molecule has 0 aliphatic rings. The van der Waals surface area contributed by atoms with E-state index in [1.807, 2.05) is 0 Å². The van der Waals surface area contributed by atoms with Crippen LogP contribution in [0, 0.1) is 0 Å². The lowest BCUT2D eigenvalue weighted by molar-refractivity contribution is -0.236. The molecular formula is C6H11BN2O4. The molecule has 0 aromatic rings. The number of likely N-dealkylation sites (N-methyl/N-ethyl adjacent to an activating group) is 1. The normalized spacial score (nSPS) is 12.3. The predicted molar refractivity (Wildman–Crippen MR) is 44.7 cm³/mol. The van der Waals surface area contributed by atoms with Gasteiger partial charge in [-0.2, -0.15) is 5.26 Å². The van der Waals surface area contributed by atoms with Gasteiger partial charge in [0.15, 0.2) is 7.98 Å². The zero-order chi connectivity index (χ0) is 10.4. The van der Waals surface area contributed by atoms with Crippen LogP contribution in [-0.2, 0) is 14.5 Å². The van der Waals surface area contributed by atoms with Crippen molar-refractivity contribution in [2.45, 2.75) is 13.0 Å². The molecule has 0 aromatic heterocycles. The van der Waals surface area contributed by atoms with Crippen molar-refractivity contribution in [3.8, 4) is 0 Å². The zero-order valence-electron chi connectivity index (χ0n) is 7.48. The van der Waals surface area contributed by atoms with Crippen LogP contribution in [0.15, 0.2) is 0 Å². The highest BCUT2D eigenvalue weighted by atomic mass is 17.1. The molecule has 0 saturated heterocycles. The van der Waals surface area contributed by atoms with Crippen molar-refractivity contribution < 1.29 is 19.7 Å². The van der Waals surface area contributed by atoms with Gasteiger partial charge in [0.1, 0.15) is 6.04 Å². The smallest absolute Gasteiger partial charge is 0.349 e. The second-order valence-corrected chi connectivity index (χ2v) is 2.61. The molecule has 6 nitrogen and oxygen atoms in total. The van der Waals surface area contributed by atoms with Crippen molar-refractivity contribution in [2.24, 2.45) is 0 Å². The summed E-state index contributed by atoms with van der Waals surface area (Å²) in [5.41, 5.74) is 0. The summed E-state index contributed by atoms with van der Waals surface area (Å²) in [6, 6.07) is -0.891. The van der Waals surface area contributed by atoms with Crippen LogP contribution >= 0.6 is 0 Å². The number of amides is 1. The lowest BCUT2D eigenvalue weighted by Gasteiger charge is -2.13. The molecule has 0 fully saturated rings. The Labute approximate surface area is 77.2 Å². The predicted octanol–water partition coefficient (Wildman–Crippen LogP) is -1.48. The summed E-state index contributed by atoms with van der Waals surface area (Å²) in [6.07, 6.45) is 0. The Morgan fingerprint density at radius 2 is 2.23 bits per heavy atom. The van der Waals surface area contributed by atoms with Crippen molar-refractivity contribution in [3.63, 3.8) is 0 Å². The third-order valence-electron chi connectivity index (χ3n) is 1.21. The maximum Gasteiger partial charge on any atom is 0.363 e. The van der Waals surface area contributed by atoms with Gasteiger partial charge >= 0.3 is 5.97 Å². The maximum absolute atomic E-state index is 11.0. The fraction of sp³-hybridized carbons (Fsp3) is 0.667. The van der Waals surface area contributed by atoms with Gasteiger partial charge in [0.2, 0.25) is 5.91 Å². The SMILES string of the molecule is [B]N(C)CC(=O)NC(C)C(=O)OO. The Kier molecular flexibility index (Phi) is 5.09. The van der Waals surface area contributed by atoms with Gasteiger partial charge in [-0.05, 0) is 14.0 Å². The van der Waals surface area contributed by atoms with E-state index >= 15 is 0 Å². The van der Waals surface area contributed by atoms with Crippen LogP contribution in [0.25, 0.3) is 0 Å². The molecule has 0 saturated carbocycles. The van der Waals surface area contributed by atoms with E-state index in [1.54, 1.807) is 0 Å². The van der Waals surface area contributed by atoms with Gasteiger partial charge in [0, 0.05) is 0 Å². The van der Waals surface area contributed by atoms with Crippen molar-refractivity contribution >= 4 is 19.9 Å². The number of carbonyl (C=O) groups excluding carboxylic acids is 2. The first-order chi connectivity index (χ1) is 5.97. The van der Waals surface area contributed by atoms with Crippen LogP contribution in [0.1, 0.15) is 6.92 Å². The van der Waals surface area contributed by atoms with E-state index in [9.17, 15) is 9.59 Å². The highest BCUT2D eigenvalue weighted by Crippen LogP contribution is 1.85. The fourth-order valence-electron chi connectivity index (χ4n) is 0.652. The Bertz CT molecular complexity index is 197. The zero-order valence-corrected chi connectivity index (χ0v) is 7.48. The molecule has 72 valence electrons. The monoisotopic (exact) mass is 186 g/mol. The summed E-state index contributed by atoms with van der Waals surface area (Å²) in [5.74, 6) is -1.35. The molecule has 13 heavy (non-hydrogen) atoms. The molecule has 2 radical (unpaired) electrons. The van der Waals surface area contributed by atoms with Gasteiger partial charge in [-0.25, -0.2) is 4.79 Å². The first kappa shape index (κ1) is 11.9. The summed E-state index contributed by atoms with van der Waals surface area (Å²) in [5, 5.41) is 10.2. The standard InChI is InChI=1S/C6H11BN2O4/c1-4(6(11)13-12)8-5(10)3-9(2)7/h4,12H,3H2,1-2H3,(H,8,10). The van der Waals surface area contributed by atoms with E-state index in [1.165, 1.54) is 14.0 Å². The van der Waals surface area contributed by atoms with E-state index in [4.69, 9.17) is 13.2 Å². The third kappa shape index (κ3) is 5.21. The van der Waals surface area contributed by atoms with Gasteiger partial charge in [0.05, 0.1) is 6.54 Å². The fourth-order valence-corrected chi connectivity index (χ4v) is 0.652. The highest BCUT2D eigenvalue weighted by Gasteiger charge is 2.16. The number of hydrogen-bond acceptors (Lipinski definition) is 5. The Morgan fingerprint density at radius 3 is 2.62 bits per heavy atom. The largest absolute Gasteiger partial charge is 0.363 e. The molecule has 2 N–H and O–H groups in total. The number of nitrogens with zero attached hydrogens (tertiary/aromatic N) is 1. The topological polar surface area (TPSA) is 78.9 Å². The third-order valence-corrected chi connectivity index (χ3v) is 1.21. The molecule has 0 aromatic carbocycles. The molecule has 0 bridgehead atoms. The van der Waals surface area contributed by atoms with Gasteiger partial charge in [0.25, 0.3) is 0 Å². The van der Waals surface area contributed by atoms with Crippen LogP contribution in [-0.4, -0.2) is 49.6 Å². The van der Waals surface area contributed by atoms with E-state index in [0.29, 0.717) is 0 Å². The van der Waals surface area contributed by atoms with Crippen molar-refractivity contribution in [1.29, 1.82) is 0 Å². The Balaban J connectivity index is 3.85. The number of carbonyl (C=O) groups is 2. The summed E-state index contributed by atoms with van der Waals surface area (Å²) >= 11 is 0. The average molecular weight is 186 g/mol. The molecule has 0 aliphatic carbocycles. The van der Waals surface area contributed by atoms with E-state index in [-0.39, 0.29) is 6.54 Å². The van der Waals surface area contributed by atoms with Crippen LogP contribution in [0.4, 0.5) is 0 Å². The summed E-state index contributed by atoms with van der Waals surface area (Å²) in [4.78, 5) is 26.1. The molecule has 7 heteroatoms. The quantitative estimate of drug-likeness (QED) is 0.318. The first-order valence-electron chi connectivity index (χ1n) is 3.57. The average Bonchev–Trinajstić information content (AvgIpc) is 2.01. The van der Waals surface area contributed by atoms with Gasteiger partial charge in [-0.15, -0.1) is 0 Å². The van der Waals surface area contributed by atoms with Crippen LogP contribution < -0.4 is 5.32 Å². The highest BCUT2D eigenvalue weighted by molar-refractivity contribution is 6.05. The molecule has 1 atom stereocenters. The minimum atomic E-state index is -0.923. The summed E-state index contributed by atoms with van der Waals surface area (Å²) in [6.45, 7) is 1.34. The van der Waals surface area contributed by atoms with E-state index in [2.05, 4.69) is 10.2 Å². The van der Waals surface area contributed by atoms with Gasteiger partial charge < -0.3 is 10.1 Å². The van der Waals surface area contributed by atoms with Crippen molar-refractivity contribution in [1.82, 2.24) is 10.1 Å². The van der Waals surface area contributed by atoms with Gasteiger partial charge in [-0.1, -0.05) is 0 Å². The number of nitrogens with one attached hydrogen (secondary N) is 1. The molecule has 1 amide bonds. The minimum Gasteiger partial charge on any atom is -0.349 e. The van der Waals surface area contributed by atoms with E-state index < -0.39 is 17.9 Å². The molecule has 1 unspecified atom stereocenters. The molecular weight excluding hydrogens is 175 g/mol. The number of hydrogen-bond donors (Lipinski definition) is 2. The lowest BCUT2D eigenvalue weighted by Crippen LogP contribution is -2.43. The summed E-state index contributed by atoms with van der Waals surface area (Å²) in [7, 11) is 6.69. The Morgan fingerprint density at radius 1 is 1.69 bits per heavy atom. The van der Waals surface area contributed by atoms with Crippen LogP contribution in [0.3, 0.4) is 0 Å². The van der Waals surface area contributed by atoms with Crippen molar-refractivity contribution in [3.05, 3.63) is 0 Å². The molecule has 0 spiro atoms.